The Labute approximate surface area is 629 Å². The van der Waals surface area contributed by atoms with Gasteiger partial charge in [-0.2, -0.15) is 0 Å². The second kappa shape index (κ2) is 40.6. The Hall–Kier alpha value is -6.03. The van der Waals surface area contributed by atoms with Gasteiger partial charge in [0.2, 0.25) is 24.0 Å². The van der Waals surface area contributed by atoms with Gasteiger partial charge in [-0.05, 0) is 91.9 Å². The van der Waals surface area contributed by atoms with Crippen LogP contribution in [0.25, 0.3) is 0 Å². The van der Waals surface area contributed by atoms with E-state index in [0.717, 1.165) is 64.0 Å². The minimum Gasteiger partial charge on any atom is -0.443 e. The molecule has 6 rings (SSSR count). The Morgan fingerprint density at radius 3 is 1.93 bits per heavy atom. The average Bonchev–Trinajstić information content (AvgIpc) is 1.45. The van der Waals surface area contributed by atoms with Gasteiger partial charge < -0.3 is 135 Å². The van der Waals surface area contributed by atoms with E-state index in [1.807, 2.05) is 6.92 Å². The number of primary amides is 2. The van der Waals surface area contributed by atoms with Crippen molar-refractivity contribution in [2.24, 2.45) is 16.9 Å². The van der Waals surface area contributed by atoms with Crippen LogP contribution in [0.5, 0.6) is 0 Å². The molecule has 0 radical (unpaired) electrons. The number of nitrogens with one attached hydrogen (secondary N) is 3. The van der Waals surface area contributed by atoms with Gasteiger partial charge in [0.1, 0.15) is 110 Å². The lowest BCUT2D eigenvalue weighted by Gasteiger charge is -2.52. The van der Waals surface area contributed by atoms with E-state index in [1.54, 1.807) is 6.08 Å². The molecule has 5 saturated heterocycles. The molecule has 0 aromatic heterocycles. The van der Waals surface area contributed by atoms with Crippen molar-refractivity contribution in [3.63, 3.8) is 0 Å². The Morgan fingerprint density at radius 1 is 0.734 bits per heavy atom. The first-order chi connectivity index (χ1) is 50.9. The van der Waals surface area contributed by atoms with E-state index in [2.05, 4.69) is 81.5 Å². The Bertz CT molecular complexity index is 3300. The summed E-state index contributed by atoms with van der Waals surface area (Å²) in [6.07, 6.45) is -31.5. The van der Waals surface area contributed by atoms with Crippen molar-refractivity contribution in [3.8, 4) is 0 Å². The number of amides is 5. The van der Waals surface area contributed by atoms with E-state index in [4.69, 9.17) is 77.4 Å². The van der Waals surface area contributed by atoms with Crippen LogP contribution < -0.4 is 27.4 Å². The monoisotopic (exact) mass is 1580 g/mol. The Morgan fingerprint density at radius 2 is 1.32 bits per heavy atom. The lowest BCUT2D eigenvalue weighted by molar-refractivity contribution is -0.454. The fourth-order valence-electron chi connectivity index (χ4n) is 12.7. The van der Waals surface area contributed by atoms with Crippen molar-refractivity contribution in [2.75, 3.05) is 26.4 Å². The highest BCUT2D eigenvalue weighted by molar-refractivity contribution is 7.47. The van der Waals surface area contributed by atoms with Gasteiger partial charge in [-0.3, -0.25) is 42.8 Å². The number of ketones is 2. The zero-order chi connectivity index (χ0) is 81.4. The summed E-state index contributed by atoms with van der Waals surface area (Å²) in [5.74, 6) is -9.76. The Balaban J connectivity index is 1.27. The third-order valence-corrected chi connectivity index (χ3v) is 19.9. The SMILES string of the molecule is C=C(CC=C(C)CCC=C(C)C)CCC(C)(C)C=CCCC(C)=CCO[C@H](COP(=O)(O)O[C@@]1(O[C@@H]2OC(CO[C@@H]3OC(CO)[C@@H](O)[C@H](O)C3O)[C@@H](O[C@@H]3OC(C)[C@@H](O[C@@H]4OC(C(=O)NC5C(=O)CCC5=O)[C@H](O)[C@H](O)C4O)[C@H](O)C3NC(C)=O)[C@H](O)C2NC(C)=O)C[C@@H](OC(N)=O)[C@](C)(O)C(C(N)=O)O1)OC=O. The number of aliphatic hydroxyl groups is 10. The van der Waals surface area contributed by atoms with Crippen molar-refractivity contribution < 1.29 is 165 Å². The standard InChI is InChI=1S/C69H108N5O34P/c1-32(2)15-14-17-33(3)18-19-35(5)22-25-67(9,10)24-13-12-16-34(4)23-26-95-44(97-31-76)30-98-109(93,94)108-69(27-43(102-66(71)91)68(11,92)59(106-69)60(70)89)107-63-47(73-38(8)78)50(83)57(42(101-63)29-96-64-54(87)51(84)48(81)41(28-75)100-64)104-62-46(72-37(7)77)49(82)56(36(6)99-62)103-65-55(88)52(85)53(86)58(105-65)61(90)74-45-39(79)20-21-40(45)80/h13,15,18,23-24,31,36,41-59,62-65,75,81-88,92H,5,12,14,16-17,19-22,25-30H2,1-4,6-11H3,(H2,70,89)(H2,71,91)(H,72,77)(H,73,78)(H,74,90)(H,93,94)/t36?,41?,42?,43-,44+,46?,47?,48-,49-,50-,51+,52+,53-,54?,55?,56-,57-,58?,59?,62+,63+,64-,65-,68+,69+/m1/s1. The van der Waals surface area contributed by atoms with Gasteiger partial charge in [0, 0.05) is 26.7 Å². The predicted molar refractivity (Wildman–Crippen MR) is 370 cm³/mol. The molecule has 0 aromatic rings. The van der Waals surface area contributed by atoms with Crippen LogP contribution in [0.4, 0.5) is 4.79 Å². The molecule has 26 atom stereocenters. The highest BCUT2D eigenvalue weighted by Crippen LogP contribution is 2.53. The van der Waals surface area contributed by atoms with Crippen LogP contribution in [0.15, 0.2) is 59.3 Å². The summed E-state index contributed by atoms with van der Waals surface area (Å²) in [5.41, 5.74) is 12.8. The number of carbonyl (C=O) groups is 8. The van der Waals surface area contributed by atoms with Crippen LogP contribution in [-0.4, -0.2) is 289 Å². The molecule has 5 heterocycles. The number of aliphatic hydroxyl groups excluding tert-OH is 9. The molecule has 5 aliphatic heterocycles. The third-order valence-electron chi connectivity index (χ3n) is 19.0. The first-order valence-electron chi connectivity index (χ1n) is 35.5. The molecule has 39 nitrogen and oxygen atoms in total. The number of phosphoric acid groups is 1. The molecule has 618 valence electrons. The van der Waals surface area contributed by atoms with Gasteiger partial charge >= 0.3 is 13.9 Å². The van der Waals surface area contributed by atoms with Crippen molar-refractivity contribution in [2.45, 2.75) is 292 Å². The number of carbonyl (C=O) groups excluding carboxylic acids is 8. The van der Waals surface area contributed by atoms with Gasteiger partial charge in [-0.1, -0.05) is 73.1 Å². The zero-order valence-electron chi connectivity index (χ0n) is 62.3. The van der Waals surface area contributed by atoms with Gasteiger partial charge in [0.25, 0.3) is 18.4 Å². The van der Waals surface area contributed by atoms with E-state index in [1.165, 1.54) is 18.1 Å². The summed E-state index contributed by atoms with van der Waals surface area (Å²) >= 11 is 0. The molecule has 6 aliphatic rings. The molecule has 5 amide bonds. The lowest BCUT2D eigenvalue weighted by atomic mass is 9.85. The van der Waals surface area contributed by atoms with Crippen LogP contribution in [-0.2, 0) is 104 Å². The largest absolute Gasteiger partial charge is 0.476 e. The van der Waals surface area contributed by atoms with Gasteiger partial charge in [0.05, 0.1) is 32.3 Å². The molecule has 40 heteroatoms. The van der Waals surface area contributed by atoms with Crippen LogP contribution in [0.1, 0.15) is 133 Å². The molecule has 10 unspecified atom stereocenters. The van der Waals surface area contributed by atoms with Gasteiger partial charge in [-0.25, -0.2) is 13.9 Å². The molecule has 0 spiro atoms. The Kier molecular flexibility index (Phi) is 34.2. The predicted octanol–water partition coefficient (Wildman–Crippen LogP) is -2.46. The molecule has 0 aromatic carbocycles. The van der Waals surface area contributed by atoms with Crippen molar-refractivity contribution >= 4 is 55.6 Å². The summed E-state index contributed by atoms with van der Waals surface area (Å²) in [5, 5.41) is 119. The highest BCUT2D eigenvalue weighted by atomic mass is 31.2. The summed E-state index contributed by atoms with van der Waals surface area (Å²) in [7, 11) is -5.98. The lowest BCUT2D eigenvalue weighted by Crippen LogP contribution is -2.72. The number of allylic oxidation sites excluding steroid dienone is 8. The molecule has 1 saturated carbocycles. The summed E-state index contributed by atoms with van der Waals surface area (Å²) < 4.78 is 94.9. The number of Topliss-reactive ketones (excluding diaryl/α,β-unsaturated/α-hetero) is 2. The number of ether oxygens (including phenoxy) is 12. The third kappa shape index (κ3) is 25.7. The van der Waals surface area contributed by atoms with Crippen molar-refractivity contribution in [1.29, 1.82) is 0 Å². The topological polar surface area (TPSA) is 594 Å². The van der Waals surface area contributed by atoms with Crippen LogP contribution in [0.3, 0.4) is 0 Å². The fourth-order valence-corrected chi connectivity index (χ4v) is 13.6. The fraction of sp³-hybridized carbons (Fsp3) is 0.739. The first kappa shape index (κ1) is 91.8. The first-order valence-corrected chi connectivity index (χ1v) is 36.9. The van der Waals surface area contributed by atoms with Crippen LogP contribution in [0.2, 0.25) is 0 Å². The van der Waals surface area contributed by atoms with E-state index < -0.39 is 234 Å². The van der Waals surface area contributed by atoms with Crippen LogP contribution >= 0.6 is 7.82 Å². The number of hydrogen-bond donors (Lipinski definition) is 16. The van der Waals surface area contributed by atoms with E-state index >= 15 is 0 Å². The summed E-state index contributed by atoms with van der Waals surface area (Å²) in [4.78, 5) is 114. The normalized spacial score (nSPS) is 35.8. The number of rotatable bonds is 38. The quantitative estimate of drug-likeness (QED) is 0.0100. The minimum atomic E-state index is -5.98. The molecule has 1 aliphatic carbocycles. The molecule has 6 fully saturated rings. The molecule has 109 heavy (non-hydrogen) atoms. The van der Waals surface area contributed by atoms with Gasteiger partial charge in [-0.15, -0.1) is 0 Å². The van der Waals surface area contributed by atoms with E-state index in [-0.39, 0.29) is 31.3 Å². The summed E-state index contributed by atoms with van der Waals surface area (Å²) in [6.45, 7) is 17.0. The molecular formula is C69H108N5O34P. The number of phosphoric ester groups is 1. The maximum absolute atomic E-state index is 14.5. The molecule has 0 bridgehead atoms. The summed E-state index contributed by atoms with van der Waals surface area (Å²) in [6, 6.07) is -5.71. The number of nitrogens with two attached hydrogens (primary N) is 2. The molecule has 18 N–H and O–H groups in total. The van der Waals surface area contributed by atoms with E-state index in [0.29, 0.717) is 12.8 Å². The second-order valence-electron chi connectivity index (χ2n) is 28.9. The van der Waals surface area contributed by atoms with Crippen LogP contribution in [0, 0.1) is 5.41 Å². The second-order valence-corrected chi connectivity index (χ2v) is 30.3. The smallest absolute Gasteiger partial charge is 0.443 e. The van der Waals surface area contributed by atoms with Crippen molar-refractivity contribution in [3.05, 3.63) is 59.3 Å². The zero-order valence-corrected chi connectivity index (χ0v) is 63.2. The van der Waals surface area contributed by atoms with E-state index in [9.17, 15) is 98.9 Å². The average molecular weight is 1580 g/mol. The maximum atomic E-state index is 14.5. The van der Waals surface area contributed by atoms with Crippen molar-refractivity contribution in [1.82, 2.24) is 16.0 Å². The van der Waals surface area contributed by atoms with Gasteiger partial charge in [0.15, 0.2) is 48.9 Å². The minimum absolute atomic E-state index is 0.0772. The number of hydrogen-bond acceptors (Lipinski definition) is 33. The molecular weight excluding hydrogens is 1470 g/mol. The highest BCUT2D eigenvalue weighted by Gasteiger charge is 2.64. The maximum Gasteiger partial charge on any atom is 0.476 e.